The highest BCUT2D eigenvalue weighted by Gasteiger charge is 2.13. The molecule has 2 rings (SSSR count). The normalized spacial score (nSPS) is 11.0. The van der Waals surface area contributed by atoms with E-state index in [4.69, 9.17) is 0 Å². The topological polar surface area (TPSA) is 37.8 Å². The number of rotatable bonds is 5. The molecule has 0 aliphatic rings. The van der Waals surface area contributed by atoms with E-state index in [1.807, 2.05) is 6.92 Å². The fourth-order valence-electron chi connectivity index (χ4n) is 1.86. The molecule has 0 radical (unpaired) electrons. The van der Waals surface area contributed by atoms with E-state index >= 15 is 0 Å². The molecule has 112 valence electrons. The zero-order chi connectivity index (χ0) is 15.4. The molecule has 3 nitrogen and oxygen atoms in total. The number of aromatic nitrogens is 2. The SMILES string of the molecule is CCCNc1nc(-c2cccc(C(F)F)c2)nc(C)c1I. The first-order chi connectivity index (χ1) is 10.0. The highest BCUT2D eigenvalue weighted by molar-refractivity contribution is 14.1. The number of alkyl halides is 2. The maximum absolute atomic E-state index is 12.8. The molecule has 0 fully saturated rings. The van der Waals surface area contributed by atoms with Gasteiger partial charge in [-0.2, -0.15) is 0 Å². The lowest BCUT2D eigenvalue weighted by atomic mass is 10.1. The van der Waals surface area contributed by atoms with E-state index in [2.05, 4.69) is 44.8 Å². The Balaban J connectivity index is 2.44. The lowest BCUT2D eigenvalue weighted by Gasteiger charge is -2.11. The van der Waals surface area contributed by atoms with Crippen molar-refractivity contribution in [2.45, 2.75) is 26.7 Å². The molecular formula is C15H16F2IN3. The van der Waals surface area contributed by atoms with Gasteiger partial charge in [-0.25, -0.2) is 18.7 Å². The molecule has 0 amide bonds. The van der Waals surface area contributed by atoms with Crippen LogP contribution in [0.3, 0.4) is 0 Å². The Bertz CT molecular complexity index is 632. The van der Waals surface area contributed by atoms with Crippen LogP contribution in [-0.4, -0.2) is 16.5 Å². The van der Waals surface area contributed by atoms with Gasteiger partial charge in [-0.15, -0.1) is 0 Å². The minimum absolute atomic E-state index is 0.0182. The predicted octanol–water partition coefficient (Wildman–Crippen LogP) is 4.82. The Morgan fingerprint density at radius 1 is 1.29 bits per heavy atom. The van der Waals surface area contributed by atoms with Gasteiger partial charge in [-0.3, -0.25) is 0 Å². The van der Waals surface area contributed by atoms with E-state index in [9.17, 15) is 8.78 Å². The van der Waals surface area contributed by atoms with Crippen LogP contribution in [0, 0.1) is 10.5 Å². The van der Waals surface area contributed by atoms with Crippen LogP contribution in [0.5, 0.6) is 0 Å². The van der Waals surface area contributed by atoms with Gasteiger partial charge in [0, 0.05) is 17.7 Å². The van der Waals surface area contributed by atoms with E-state index in [1.165, 1.54) is 12.1 Å². The average molecular weight is 403 g/mol. The van der Waals surface area contributed by atoms with Gasteiger partial charge in [0.1, 0.15) is 5.82 Å². The van der Waals surface area contributed by atoms with Crippen LogP contribution in [0.1, 0.15) is 31.0 Å². The highest BCUT2D eigenvalue weighted by atomic mass is 127. The third-order valence-electron chi connectivity index (χ3n) is 2.96. The van der Waals surface area contributed by atoms with E-state index in [1.54, 1.807) is 12.1 Å². The molecule has 1 aromatic carbocycles. The first-order valence-electron chi connectivity index (χ1n) is 6.69. The summed E-state index contributed by atoms with van der Waals surface area (Å²) in [4.78, 5) is 8.88. The van der Waals surface area contributed by atoms with Crippen molar-refractivity contribution in [3.8, 4) is 11.4 Å². The second-order valence-electron chi connectivity index (χ2n) is 4.65. The molecule has 1 N–H and O–H groups in total. The van der Waals surface area contributed by atoms with Gasteiger partial charge in [-0.05, 0) is 42.0 Å². The smallest absolute Gasteiger partial charge is 0.263 e. The minimum atomic E-state index is -2.49. The first-order valence-corrected chi connectivity index (χ1v) is 7.77. The van der Waals surface area contributed by atoms with Crippen molar-refractivity contribution in [2.75, 3.05) is 11.9 Å². The lowest BCUT2D eigenvalue weighted by molar-refractivity contribution is 0.151. The molecular weight excluding hydrogens is 387 g/mol. The predicted molar refractivity (Wildman–Crippen MR) is 88.7 cm³/mol. The number of aryl methyl sites for hydroxylation is 1. The molecule has 1 heterocycles. The van der Waals surface area contributed by atoms with Gasteiger partial charge in [-0.1, -0.05) is 25.1 Å². The molecule has 21 heavy (non-hydrogen) atoms. The Labute approximate surface area is 136 Å². The number of benzene rings is 1. The average Bonchev–Trinajstić information content (AvgIpc) is 2.48. The van der Waals surface area contributed by atoms with Crippen molar-refractivity contribution in [2.24, 2.45) is 0 Å². The molecule has 0 saturated carbocycles. The number of nitrogens with one attached hydrogen (secondary N) is 1. The summed E-state index contributed by atoms with van der Waals surface area (Å²) in [7, 11) is 0. The summed E-state index contributed by atoms with van der Waals surface area (Å²) in [5.41, 5.74) is 1.42. The van der Waals surface area contributed by atoms with Crippen LogP contribution >= 0.6 is 22.6 Å². The van der Waals surface area contributed by atoms with E-state index in [-0.39, 0.29) is 5.56 Å². The number of halogens is 3. The summed E-state index contributed by atoms with van der Waals surface area (Å²) in [5.74, 6) is 1.22. The third kappa shape index (κ3) is 3.87. The molecule has 1 aromatic heterocycles. The van der Waals surface area contributed by atoms with Crippen molar-refractivity contribution in [3.05, 3.63) is 39.1 Å². The second kappa shape index (κ2) is 7.11. The van der Waals surface area contributed by atoms with Crippen LogP contribution in [-0.2, 0) is 0 Å². The van der Waals surface area contributed by atoms with Crippen LogP contribution in [0.4, 0.5) is 14.6 Å². The van der Waals surface area contributed by atoms with Gasteiger partial charge < -0.3 is 5.32 Å². The fraction of sp³-hybridized carbons (Fsp3) is 0.333. The molecule has 0 unspecified atom stereocenters. The number of nitrogens with zero attached hydrogens (tertiary/aromatic N) is 2. The standard InChI is InChI=1S/C15H16F2IN3/c1-3-7-19-15-12(18)9(2)20-14(21-15)11-6-4-5-10(8-11)13(16)17/h4-6,8,13H,3,7H2,1-2H3,(H,19,20,21). The van der Waals surface area contributed by atoms with Gasteiger partial charge >= 0.3 is 0 Å². The first kappa shape index (κ1) is 16.1. The summed E-state index contributed by atoms with van der Waals surface area (Å²) in [5, 5.41) is 3.24. The molecule has 0 bridgehead atoms. The molecule has 2 aromatic rings. The minimum Gasteiger partial charge on any atom is -0.369 e. The Kier molecular flexibility index (Phi) is 5.44. The zero-order valence-corrected chi connectivity index (χ0v) is 14.0. The molecule has 6 heteroatoms. The lowest BCUT2D eigenvalue weighted by Crippen LogP contribution is -2.07. The van der Waals surface area contributed by atoms with E-state index in [0.717, 1.165) is 28.0 Å². The van der Waals surface area contributed by atoms with E-state index in [0.29, 0.717) is 11.4 Å². The number of anilines is 1. The number of hydrogen-bond donors (Lipinski definition) is 1. The summed E-state index contributed by atoms with van der Waals surface area (Å²) < 4.78 is 26.5. The highest BCUT2D eigenvalue weighted by Crippen LogP contribution is 2.27. The Morgan fingerprint density at radius 2 is 2.05 bits per heavy atom. The van der Waals surface area contributed by atoms with Crippen LogP contribution < -0.4 is 5.32 Å². The van der Waals surface area contributed by atoms with Gasteiger partial charge in [0.15, 0.2) is 5.82 Å². The number of hydrogen-bond acceptors (Lipinski definition) is 3. The van der Waals surface area contributed by atoms with Crippen LogP contribution in [0.15, 0.2) is 24.3 Å². The molecule has 0 atom stereocenters. The largest absolute Gasteiger partial charge is 0.369 e. The Morgan fingerprint density at radius 3 is 2.71 bits per heavy atom. The van der Waals surface area contributed by atoms with Crippen molar-refractivity contribution >= 4 is 28.4 Å². The fourth-order valence-corrected chi connectivity index (χ4v) is 2.29. The molecule has 0 aliphatic carbocycles. The quantitative estimate of drug-likeness (QED) is 0.728. The van der Waals surface area contributed by atoms with Crippen molar-refractivity contribution in [1.29, 1.82) is 0 Å². The summed E-state index contributed by atoms with van der Waals surface area (Å²) >= 11 is 2.19. The maximum atomic E-state index is 12.8. The maximum Gasteiger partial charge on any atom is 0.263 e. The monoisotopic (exact) mass is 403 g/mol. The van der Waals surface area contributed by atoms with Crippen LogP contribution in [0.25, 0.3) is 11.4 Å². The zero-order valence-electron chi connectivity index (χ0n) is 11.8. The molecule has 0 spiro atoms. The van der Waals surface area contributed by atoms with E-state index < -0.39 is 6.43 Å². The van der Waals surface area contributed by atoms with Crippen LogP contribution in [0.2, 0.25) is 0 Å². The van der Waals surface area contributed by atoms with Crippen molar-refractivity contribution in [3.63, 3.8) is 0 Å². The van der Waals surface area contributed by atoms with Crippen molar-refractivity contribution in [1.82, 2.24) is 9.97 Å². The molecule has 0 saturated heterocycles. The van der Waals surface area contributed by atoms with Gasteiger partial charge in [0.2, 0.25) is 0 Å². The summed E-state index contributed by atoms with van der Waals surface area (Å²) in [6.45, 7) is 4.77. The van der Waals surface area contributed by atoms with Gasteiger partial charge in [0.25, 0.3) is 6.43 Å². The molecule has 0 aliphatic heterocycles. The third-order valence-corrected chi connectivity index (χ3v) is 4.25. The second-order valence-corrected chi connectivity index (χ2v) is 5.73. The van der Waals surface area contributed by atoms with Gasteiger partial charge in [0.05, 0.1) is 9.26 Å². The Hall–Kier alpha value is -1.31. The van der Waals surface area contributed by atoms with Crippen molar-refractivity contribution < 1.29 is 8.78 Å². The summed E-state index contributed by atoms with van der Waals surface area (Å²) in [6.07, 6.45) is -1.51. The summed E-state index contributed by atoms with van der Waals surface area (Å²) in [6, 6.07) is 6.20.